The summed E-state index contributed by atoms with van der Waals surface area (Å²) in [5.41, 5.74) is 3.07. The van der Waals surface area contributed by atoms with Gasteiger partial charge in [0.05, 0.1) is 0 Å². The number of hydrogen-bond donors (Lipinski definition) is 1. The molecule has 0 aromatic rings. The van der Waals surface area contributed by atoms with Gasteiger partial charge >= 0.3 is 0 Å². The van der Waals surface area contributed by atoms with E-state index in [1.54, 1.807) is 0 Å². The van der Waals surface area contributed by atoms with E-state index in [4.69, 9.17) is 4.78 Å². The summed E-state index contributed by atoms with van der Waals surface area (Å²) in [7, 11) is -0.400. The van der Waals surface area contributed by atoms with Crippen molar-refractivity contribution in [3.8, 4) is 0 Å². The normalized spacial score (nSPS) is 19.6. The molecule has 80 valence electrons. The van der Waals surface area contributed by atoms with Crippen LogP contribution in [0.3, 0.4) is 0 Å². The van der Waals surface area contributed by atoms with Crippen molar-refractivity contribution < 1.29 is 0 Å². The Balaban J connectivity index is 3.17. The van der Waals surface area contributed by atoms with Gasteiger partial charge in [-0.1, -0.05) is 52.2 Å². The summed E-state index contributed by atoms with van der Waals surface area (Å²) in [6.07, 6.45) is 0. The lowest BCUT2D eigenvalue weighted by Gasteiger charge is -2.30. The molecule has 0 radical (unpaired) electrons. The van der Waals surface area contributed by atoms with Gasteiger partial charge < -0.3 is 0 Å². The Labute approximate surface area is 90.2 Å². The minimum atomic E-state index is -0.400. The maximum absolute atomic E-state index is 7.83. The van der Waals surface area contributed by atoms with Crippen molar-refractivity contribution in [1.29, 1.82) is 4.78 Å². The standard InChI is InChI=1S/C12H21NS/c1-11(2,3)9-7-14(13)8-10(9)12(4,5)6/h7-8,13H,1-6H3. The quantitative estimate of drug-likeness (QED) is 0.619. The molecule has 0 saturated carbocycles. The first-order valence-electron chi connectivity index (χ1n) is 5.00. The third-order valence-electron chi connectivity index (χ3n) is 2.40. The van der Waals surface area contributed by atoms with E-state index in [0.717, 1.165) is 0 Å². The van der Waals surface area contributed by atoms with Crippen molar-refractivity contribution in [2.75, 3.05) is 0 Å². The summed E-state index contributed by atoms with van der Waals surface area (Å²) in [6.45, 7) is 13.3. The molecule has 1 heterocycles. The van der Waals surface area contributed by atoms with E-state index in [2.05, 4.69) is 52.4 Å². The summed E-state index contributed by atoms with van der Waals surface area (Å²) in [5.74, 6) is 0. The number of nitrogens with one attached hydrogen (secondary N) is 1. The Kier molecular flexibility index (Phi) is 2.79. The van der Waals surface area contributed by atoms with Crippen LogP contribution in [-0.4, -0.2) is 0 Å². The van der Waals surface area contributed by atoms with Crippen LogP contribution >= 0.6 is 0 Å². The molecule has 0 aromatic carbocycles. The van der Waals surface area contributed by atoms with Gasteiger partial charge in [0, 0.05) is 0 Å². The van der Waals surface area contributed by atoms with E-state index in [9.17, 15) is 0 Å². The van der Waals surface area contributed by atoms with Gasteiger partial charge in [0.2, 0.25) is 0 Å². The topological polar surface area (TPSA) is 23.9 Å². The lowest BCUT2D eigenvalue weighted by molar-refractivity contribution is 0.449. The molecule has 1 aliphatic heterocycles. The average Bonchev–Trinajstić information content (AvgIpc) is 2.27. The second kappa shape index (κ2) is 3.34. The minimum Gasteiger partial charge on any atom is -0.272 e. The molecule has 0 bridgehead atoms. The summed E-state index contributed by atoms with van der Waals surface area (Å²) in [4.78, 5) is 0. The minimum absolute atomic E-state index is 0.169. The number of hydrogen-bond acceptors (Lipinski definition) is 1. The second-order valence-corrected chi connectivity index (χ2v) is 7.15. The Morgan fingerprint density at radius 2 is 1.14 bits per heavy atom. The maximum atomic E-state index is 7.83. The second-order valence-electron chi connectivity index (χ2n) is 5.93. The highest BCUT2D eigenvalue weighted by Crippen LogP contribution is 2.43. The van der Waals surface area contributed by atoms with Crippen molar-refractivity contribution in [3.63, 3.8) is 0 Å². The van der Waals surface area contributed by atoms with Gasteiger partial charge in [0.25, 0.3) is 0 Å². The average molecular weight is 211 g/mol. The van der Waals surface area contributed by atoms with E-state index in [1.807, 2.05) is 0 Å². The van der Waals surface area contributed by atoms with Gasteiger partial charge in [0.1, 0.15) is 0 Å². The highest BCUT2D eigenvalue weighted by Gasteiger charge is 2.31. The van der Waals surface area contributed by atoms with Gasteiger partial charge in [-0.2, -0.15) is 0 Å². The molecule has 0 saturated heterocycles. The smallest absolute Gasteiger partial charge is 0.00998 e. The molecule has 0 fully saturated rings. The van der Waals surface area contributed by atoms with Gasteiger partial charge in [-0.05, 0) is 32.8 Å². The zero-order valence-electron chi connectivity index (χ0n) is 10.1. The van der Waals surface area contributed by atoms with Crippen LogP contribution in [0.1, 0.15) is 41.5 Å². The number of rotatable bonds is 0. The first-order chi connectivity index (χ1) is 6.12. The molecule has 0 spiro atoms. The van der Waals surface area contributed by atoms with Crippen LogP contribution in [0.2, 0.25) is 0 Å². The van der Waals surface area contributed by atoms with E-state index in [-0.39, 0.29) is 10.8 Å². The van der Waals surface area contributed by atoms with E-state index >= 15 is 0 Å². The zero-order chi connectivity index (χ0) is 11.1. The molecule has 2 heteroatoms. The molecule has 0 aliphatic carbocycles. The van der Waals surface area contributed by atoms with Crippen molar-refractivity contribution in [2.45, 2.75) is 41.5 Å². The molecule has 0 amide bonds. The van der Waals surface area contributed by atoms with Gasteiger partial charge in [-0.15, -0.1) is 0 Å². The fraction of sp³-hybridized carbons (Fsp3) is 0.667. The Morgan fingerprint density at radius 1 is 0.857 bits per heavy atom. The highest BCUT2D eigenvalue weighted by molar-refractivity contribution is 7.92. The summed E-state index contributed by atoms with van der Waals surface area (Å²) in [6, 6.07) is 0. The Hall–Kier alpha value is -0.370. The van der Waals surface area contributed by atoms with Crippen LogP contribution in [0, 0.1) is 15.6 Å². The van der Waals surface area contributed by atoms with E-state index in [1.165, 1.54) is 11.1 Å². The summed E-state index contributed by atoms with van der Waals surface area (Å²) >= 11 is 0. The van der Waals surface area contributed by atoms with Crippen LogP contribution in [0.25, 0.3) is 0 Å². The maximum Gasteiger partial charge on any atom is -0.00998 e. The van der Waals surface area contributed by atoms with Gasteiger partial charge in [-0.25, -0.2) is 0 Å². The first kappa shape index (κ1) is 11.7. The van der Waals surface area contributed by atoms with Crippen LogP contribution in [0.5, 0.6) is 0 Å². The fourth-order valence-corrected chi connectivity index (χ4v) is 3.11. The Morgan fingerprint density at radius 3 is 1.36 bits per heavy atom. The third kappa shape index (κ3) is 2.35. The summed E-state index contributed by atoms with van der Waals surface area (Å²) in [5, 5.41) is 4.22. The lowest BCUT2D eigenvalue weighted by atomic mass is 9.74. The molecule has 0 unspecified atom stereocenters. The third-order valence-corrected chi connectivity index (χ3v) is 3.38. The largest absolute Gasteiger partial charge is 0.272 e. The molecule has 0 atom stereocenters. The SMILES string of the molecule is CC(C)(C)C1=CS(=N)C=C1C(C)(C)C. The van der Waals surface area contributed by atoms with Crippen LogP contribution in [-0.2, 0) is 10.7 Å². The first-order valence-corrected chi connectivity index (χ1v) is 6.35. The molecule has 1 nitrogen and oxygen atoms in total. The highest BCUT2D eigenvalue weighted by atomic mass is 32.2. The molecular weight excluding hydrogens is 190 g/mol. The molecule has 1 rings (SSSR count). The monoisotopic (exact) mass is 211 g/mol. The van der Waals surface area contributed by atoms with Crippen molar-refractivity contribution in [1.82, 2.24) is 0 Å². The molecular formula is C12H21NS. The predicted octanol–water partition coefficient (Wildman–Crippen LogP) is 4.24. The van der Waals surface area contributed by atoms with Crippen molar-refractivity contribution in [3.05, 3.63) is 22.0 Å². The molecule has 14 heavy (non-hydrogen) atoms. The van der Waals surface area contributed by atoms with Gasteiger partial charge in [-0.3, -0.25) is 4.78 Å². The lowest BCUT2D eigenvalue weighted by Crippen LogP contribution is -2.18. The molecule has 1 N–H and O–H groups in total. The van der Waals surface area contributed by atoms with Crippen LogP contribution in [0.15, 0.2) is 22.0 Å². The fourth-order valence-electron chi connectivity index (χ4n) is 1.58. The van der Waals surface area contributed by atoms with Crippen LogP contribution < -0.4 is 0 Å². The van der Waals surface area contributed by atoms with Gasteiger partial charge in [0.15, 0.2) is 0 Å². The number of allylic oxidation sites excluding steroid dienone is 2. The Bertz CT molecular complexity index is 289. The van der Waals surface area contributed by atoms with Crippen molar-refractivity contribution in [2.24, 2.45) is 10.8 Å². The van der Waals surface area contributed by atoms with E-state index < -0.39 is 10.7 Å². The molecule has 1 aliphatic rings. The predicted molar refractivity (Wildman–Crippen MR) is 65.2 cm³/mol. The van der Waals surface area contributed by atoms with E-state index in [0.29, 0.717) is 0 Å². The summed E-state index contributed by atoms with van der Waals surface area (Å²) < 4.78 is 7.83. The zero-order valence-corrected chi connectivity index (χ0v) is 10.9. The van der Waals surface area contributed by atoms with Crippen LogP contribution in [0.4, 0.5) is 0 Å². The molecule has 0 aromatic heterocycles. The van der Waals surface area contributed by atoms with Crippen molar-refractivity contribution >= 4 is 10.7 Å².